The topological polar surface area (TPSA) is 46.9 Å². The molecule has 2 aromatic heterocycles. The van der Waals surface area contributed by atoms with Gasteiger partial charge in [-0.25, -0.2) is 0 Å². The quantitative estimate of drug-likeness (QED) is 0.652. The molecule has 3 rings (SSSR count). The number of halogens is 1. The molecule has 1 aromatic carbocycles. The van der Waals surface area contributed by atoms with Crippen molar-refractivity contribution in [3.05, 3.63) is 89.5 Å². The SMILES string of the molecule is O=C(C[C@@H](Cn1cccc1)c1ccc(Cl)cc1)NCCc1ccncc1. The molecule has 4 nitrogen and oxygen atoms in total. The summed E-state index contributed by atoms with van der Waals surface area (Å²) in [5.41, 5.74) is 2.29. The van der Waals surface area contributed by atoms with Crippen LogP contribution in [0.5, 0.6) is 0 Å². The molecular weight excluding hydrogens is 346 g/mol. The van der Waals surface area contributed by atoms with Gasteiger partial charge in [0.05, 0.1) is 0 Å². The summed E-state index contributed by atoms with van der Waals surface area (Å²) in [7, 11) is 0. The number of amides is 1. The first-order valence-electron chi connectivity index (χ1n) is 8.72. The summed E-state index contributed by atoms with van der Waals surface area (Å²) in [5.74, 6) is 0.159. The molecular formula is C21H22ClN3O. The van der Waals surface area contributed by atoms with E-state index in [9.17, 15) is 4.79 Å². The Bertz CT molecular complexity index is 801. The molecule has 0 bridgehead atoms. The molecule has 0 aliphatic rings. The van der Waals surface area contributed by atoms with Crippen LogP contribution < -0.4 is 5.32 Å². The van der Waals surface area contributed by atoms with Crippen LogP contribution in [0, 0.1) is 0 Å². The lowest BCUT2D eigenvalue weighted by Gasteiger charge is -2.18. The predicted octanol–water partition coefficient (Wildman–Crippen LogP) is 4.07. The summed E-state index contributed by atoms with van der Waals surface area (Å²) < 4.78 is 2.10. The maximum atomic E-state index is 12.5. The molecule has 3 aromatic rings. The van der Waals surface area contributed by atoms with Gasteiger partial charge in [-0.3, -0.25) is 9.78 Å². The molecule has 134 valence electrons. The highest BCUT2D eigenvalue weighted by molar-refractivity contribution is 6.30. The van der Waals surface area contributed by atoms with Crippen molar-refractivity contribution in [3.8, 4) is 0 Å². The second-order valence-corrected chi connectivity index (χ2v) is 6.72. The van der Waals surface area contributed by atoms with Gasteiger partial charge in [0.25, 0.3) is 0 Å². The summed E-state index contributed by atoms with van der Waals surface area (Å²) in [5, 5.41) is 3.73. The Labute approximate surface area is 158 Å². The minimum atomic E-state index is 0.0613. The Morgan fingerprint density at radius 3 is 2.46 bits per heavy atom. The van der Waals surface area contributed by atoms with Gasteiger partial charge in [-0.05, 0) is 53.9 Å². The van der Waals surface area contributed by atoms with Gasteiger partial charge in [-0.2, -0.15) is 0 Å². The van der Waals surface area contributed by atoms with Gasteiger partial charge < -0.3 is 9.88 Å². The number of pyridine rings is 1. The number of hydrogen-bond acceptors (Lipinski definition) is 2. The summed E-state index contributed by atoms with van der Waals surface area (Å²) in [4.78, 5) is 16.5. The Hall–Kier alpha value is -2.59. The first kappa shape index (κ1) is 18.2. The number of rotatable bonds is 8. The lowest BCUT2D eigenvalue weighted by atomic mass is 9.95. The van der Waals surface area contributed by atoms with Crippen LogP contribution in [0.1, 0.15) is 23.5 Å². The van der Waals surface area contributed by atoms with E-state index < -0.39 is 0 Å². The van der Waals surface area contributed by atoms with Crippen molar-refractivity contribution in [3.63, 3.8) is 0 Å². The van der Waals surface area contributed by atoms with Crippen LogP contribution in [0.3, 0.4) is 0 Å². The van der Waals surface area contributed by atoms with Crippen molar-refractivity contribution >= 4 is 17.5 Å². The number of nitrogens with one attached hydrogen (secondary N) is 1. The van der Waals surface area contributed by atoms with E-state index in [0.29, 0.717) is 18.0 Å². The Morgan fingerprint density at radius 2 is 1.77 bits per heavy atom. The largest absolute Gasteiger partial charge is 0.356 e. The van der Waals surface area contributed by atoms with E-state index in [4.69, 9.17) is 11.6 Å². The standard InChI is InChI=1S/C21H22ClN3O/c22-20-5-3-18(4-6-20)19(16-25-13-1-2-14-25)15-21(26)24-12-9-17-7-10-23-11-8-17/h1-8,10-11,13-14,19H,9,12,15-16H2,(H,24,26)/t19-/m0/s1. The van der Waals surface area contributed by atoms with Gasteiger partial charge in [-0.1, -0.05) is 23.7 Å². The van der Waals surface area contributed by atoms with Crippen LogP contribution in [0.2, 0.25) is 5.02 Å². The van der Waals surface area contributed by atoms with Gasteiger partial charge in [0, 0.05) is 55.2 Å². The zero-order chi connectivity index (χ0) is 18.2. The minimum Gasteiger partial charge on any atom is -0.356 e. The average Bonchev–Trinajstić information content (AvgIpc) is 3.16. The van der Waals surface area contributed by atoms with Crippen molar-refractivity contribution in [2.45, 2.75) is 25.3 Å². The van der Waals surface area contributed by atoms with E-state index in [0.717, 1.165) is 18.5 Å². The third kappa shape index (κ3) is 5.46. The third-order valence-electron chi connectivity index (χ3n) is 4.36. The van der Waals surface area contributed by atoms with E-state index in [2.05, 4.69) is 14.9 Å². The highest BCUT2D eigenvalue weighted by atomic mass is 35.5. The van der Waals surface area contributed by atoms with Gasteiger partial charge in [0.15, 0.2) is 0 Å². The van der Waals surface area contributed by atoms with Crippen molar-refractivity contribution < 1.29 is 4.79 Å². The maximum Gasteiger partial charge on any atom is 0.220 e. The van der Waals surface area contributed by atoms with Crippen molar-refractivity contribution in [1.29, 1.82) is 0 Å². The maximum absolute atomic E-state index is 12.5. The highest BCUT2D eigenvalue weighted by Crippen LogP contribution is 2.23. The van der Waals surface area contributed by atoms with E-state index in [1.807, 2.05) is 60.9 Å². The molecule has 0 aliphatic heterocycles. The molecule has 1 atom stereocenters. The molecule has 2 heterocycles. The monoisotopic (exact) mass is 367 g/mol. The average molecular weight is 368 g/mol. The molecule has 1 N–H and O–H groups in total. The lowest BCUT2D eigenvalue weighted by Crippen LogP contribution is -2.28. The Balaban J connectivity index is 1.59. The van der Waals surface area contributed by atoms with Crippen molar-refractivity contribution in [1.82, 2.24) is 14.9 Å². The molecule has 1 amide bonds. The number of hydrogen-bond donors (Lipinski definition) is 1. The number of carbonyl (C=O) groups excluding carboxylic acids is 1. The Kier molecular flexibility index (Phi) is 6.45. The fourth-order valence-electron chi connectivity index (χ4n) is 2.96. The molecule has 0 aliphatic carbocycles. The van der Waals surface area contributed by atoms with Gasteiger partial charge >= 0.3 is 0 Å². The summed E-state index contributed by atoms with van der Waals surface area (Å²) in [6, 6.07) is 15.7. The minimum absolute atomic E-state index is 0.0613. The molecule has 5 heteroatoms. The van der Waals surface area contributed by atoms with Crippen LogP contribution in [0.4, 0.5) is 0 Å². The Morgan fingerprint density at radius 1 is 1.08 bits per heavy atom. The zero-order valence-corrected chi connectivity index (χ0v) is 15.3. The van der Waals surface area contributed by atoms with E-state index in [1.54, 1.807) is 12.4 Å². The summed E-state index contributed by atoms with van der Waals surface area (Å²) in [6.45, 7) is 1.38. The van der Waals surface area contributed by atoms with Crippen molar-refractivity contribution in [2.24, 2.45) is 0 Å². The predicted molar refractivity (Wildman–Crippen MR) is 104 cm³/mol. The molecule has 0 spiro atoms. The number of carbonyl (C=O) groups is 1. The number of aromatic nitrogens is 2. The third-order valence-corrected chi connectivity index (χ3v) is 4.61. The lowest BCUT2D eigenvalue weighted by molar-refractivity contribution is -0.121. The first-order chi connectivity index (χ1) is 12.7. The fraction of sp³-hybridized carbons (Fsp3) is 0.238. The second kappa shape index (κ2) is 9.20. The smallest absolute Gasteiger partial charge is 0.220 e. The fourth-order valence-corrected chi connectivity index (χ4v) is 3.09. The van der Waals surface area contributed by atoms with Gasteiger partial charge in [0.1, 0.15) is 0 Å². The van der Waals surface area contributed by atoms with Crippen LogP contribution >= 0.6 is 11.6 Å². The molecule has 26 heavy (non-hydrogen) atoms. The molecule has 0 fully saturated rings. The van der Waals surface area contributed by atoms with Crippen molar-refractivity contribution in [2.75, 3.05) is 6.54 Å². The first-order valence-corrected chi connectivity index (χ1v) is 9.10. The zero-order valence-electron chi connectivity index (χ0n) is 14.5. The van der Waals surface area contributed by atoms with E-state index in [-0.39, 0.29) is 11.8 Å². The normalized spacial score (nSPS) is 11.9. The van der Waals surface area contributed by atoms with Gasteiger partial charge in [0.2, 0.25) is 5.91 Å². The van der Waals surface area contributed by atoms with Crippen LogP contribution in [0.15, 0.2) is 73.3 Å². The number of benzene rings is 1. The van der Waals surface area contributed by atoms with Crippen LogP contribution in [0.25, 0.3) is 0 Å². The molecule has 0 radical (unpaired) electrons. The highest BCUT2D eigenvalue weighted by Gasteiger charge is 2.16. The summed E-state index contributed by atoms with van der Waals surface area (Å²) in [6.07, 6.45) is 8.82. The second-order valence-electron chi connectivity index (χ2n) is 6.29. The number of nitrogens with zero attached hydrogens (tertiary/aromatic N) is 2. The molecule has 0 saturated carbocycles. The molecule has 0 saturated heterocycles. The molecule has 0 unspecified atom stereocenters. The van der Waals surface area contributed by atoms with E-state index >= 15 is 0 Å². The van der Waals surface area contributed by atoms with Crippen LogP contribution in [-0.4, -0.2) is 22.0 Å². The van der Waals surface area contributed by atoms with Gasteiger partial charge in [-0.15, -0.1) is 0 Å². The summed E-state index contributed by atoms with van der Waals surface area (Å²) >= 11 is 6.00. The van der Waals surface area contributed by atoms with Crippen LogP contribution in [-0.2, 0) is 17.8 Å². The van der Waals surface area contributed by atoms with E-state index in [1.165, 1.54) is 5.56 Å².